The highest BCUT2D eigenvalue weighted by atomic mass is 35.5. The van der Waals surface area contributed by atoms with Gasteiger partial charge in [0, 0.05) is 17.7 Å². The van der Waals surface area contributed by atoms with Crippen LogP contribution in [0.2, 0.25) is 0 Å². The van der Waals surface area contributed by atoms with E-state index in [2.05, 4.69) is 0 Å². The Morgan fingerprint density at radius 1 is 1.47 bits per heavy atom. The Kier molecular flexibility index (Phi) is 5.89. The number of halogens is 1. The number of hydrogen-bond donors (Lipinski definition) is 1. The van der Waals surface area contributed by atoms with Crippen molar-refractivity contribution in [1.82, 2.24) is 0 Å². The predicted molar refractivity (Wildman–Crippen MR) is 62.2 cm³/mol. The third-order valence-electron chi connectivity index (χ3n) is 2.13. The first kappa shape index (κ1) is 13.9. The molecule has 1 aromatic rings. The molecule has 1 atom stereocenters. The van der Waals surface area contributed by atoms with Crippen LogP contribution in [0.3, 0.4) is 0 Å². The van der Waals surface area contributed by atoms with Crippen LogP contribution in [0, 0.1) is 10.1 Å². The Morgan fingerprint density at radius 3 is 2.60 bits per heavy atom. The van der Waals surface area contributed by atoms with Crippen LogP contribution >= 0.6 is 12.4 Å². The minimum atomic E-state index is -0.384. The van der Waals surface area contributed by atoms with E-state index in [9.17, 15) is 10.1 Å². The first-order chi connectivity index (χ1) is 6.66. The molecule has 15 heavy (non-hydrogen) atoms. The maximum absolute atomic E-state index is 10.7. The molecule has 0 saturated heterocycles. The zero-order valence-electron chi connectivity index (χ0n) is 8.55. The SMILES string of the molecule is CCC[C@H](N)c1ccccc1[N+](=O)[O-].Cl. The summed E-state index contributed by atoms with van der Waals surface area (Å²) in [5.74, 6) is 0. The Balaban J connectivity index is 0.00000196. The lowest BCUT2D eigenvalue weighted by molar-refractivity contribution is -0.385. The van der Waals surface area contributed by atoms with Gasteiger partial charge < -0.3 is 5.73 Å². The normalized spacial score (nSPS) is 11.6. The van der Waals surface area contributed by atoms with Gasteiger partial charge in [0.05, 0.1) is 4.92 Å². The second kappa shape index (κ2) is 6.37. The van der Waals surface area contributed by atoms with Crippen molar-refractivity contribution in [1.29, 1.82) is 0 Å². The van der Waals surface area contributed by atoms with E-state index in [4.69, 9.17) is 5.73 Å². The molecule has 1 aromatic carbocycles. The van der Waals surface area contributed by atoms with Crippen molar-refractivity contribution in [2.75, 3.05) is 0 Å². The van der Waals surface area contributed by atoms with Crippen molar-refractivity contribution in [3.05, 3.63) is 39.9 Å². The molecule has 0 aliphatic heterocycles. The first-order valence-corrected chi connectivity index (χ1v) is 4.65. The minimum Gasteiger partial charge on any atom is -0.324 e. The molecule has 0 spiro atoms. The van der Waals surface area contributed by atoms with Gasteiger partial charge in [-0.2, -0.15) is 0 Å². The lowest BCUT2D eigenvalue weighted by Crippen LogP contribution is -2.11. The number of nitrogens with zero attached hydrogens (tertiary/aromatic N) is 1. The summed E-state index contributed by atoms with van der Waals surface area (Å²) in [5, 5.41) is 10.7. The van der Waals surface area contributed by atoms with E-state index in [-0.39, 0.29) is 29.1 Å². The molecule has 0 bridgehead atoms. The standard InChI is InChI=1S/C10H14N2O2.ClH/c1-2-5-9(11)8-6-3-4-7-10(8)12(13)14;/h3-4,6-7,9H,2,5,11H2,1H3;1H/t9-;/m0./s1. The Bertz CT molecular complexity index is 331. The van der Waals surface area contributed by atoms with Crippen molar-refractivity contribution in [3.63, 3.8) is 0 Å². The average molecular weight is 231 g/mol. The molecule has 4 nitrogen and oxygen atoms in total. The quantitative estimate of drug-likeness (QED) is 0.639. The molecule has 2 N–H and O–H groups in total. The monoisotopic (exact) mass is 230 g/mol. The van der Waals surface area contributed by atoms with Gasteiger partial charge in [-0.05, 0) is 6.42 Å². The van der Waals surface area contributed by atoms with Gasteiger partial charge in [-0.25, -0.2) is 0 Å². The minimum absolute atomic E-state index is 0. The van der Waals surface area contributed by atoms with Crippen molar-refractivity contribution in [2.24, 2.45) is 5.73 Å². The topological polar surface area (TPSA) is 69.2 Å². The molecule has 0 radical (unpaired) electrons. The molecule has 84 valence electrons. The van der Waals surface area contributed by atoms with Crippen LogP contribution in [0.4, 0.5) is 5.69 Å². The summed E-state index contributed by atoms with van der Waals surface area (Å²) in [6.45, 7) is 2.01. The zero-order valence-corrected chi connectivity index (χ0v) is 9.37. The second-order valence-electron chi connectivity index (χ2n) is 3.21. The fourth-order valence-corrected chi connectivity index (χ4v) is 1.43. The van der Waals surface area contributed by atoms with Crippen LogP contribution in [0.25, 0.3) is 0 Å². The molecular weight excluding hydrogens is 216 g/mol. The van der Waals surface area contributed by atoms with Gasteiger partial charge in [-0.3, -0.25) is 10.1 Å². The van der Waals surface area contributed by atoms with Gasteiger partial charge in [0.15, 0.2) is 0 Å². The van der Waals surface area contributed by atoms with Gasteiger partial charge in [-0.15, -0.1) is 12.4 Å². The van der Waals surface area contributed by atoms with Gasteiger partial charge >= 0.3 is 0 Å². The number of hydrogen-bond acceptors (Lipinski definition) is 3. The smallest absolute Gasteiger partial charge is 0.274 e. The Labute approximate surface area is 95.0 Å². The molecule has 0 unspecified atom stereocenters. The highest BCUT2D eigenvalue weighted by Crippen LogP contribution is 2.25. The molecular formula is C10H15ClN2O2. The molecule has 0 fully saturated rings. The predicted octanol–water partition coefficient (Wildman–Crippen LogP) is 2.82. The summed E-state index contributed by atoms with van der Waals surface area (Å²) in [4.78, 5) is 10.3. The van der Waals surface area contributed by atoms with E-state index < -0.39 is 0 Å². The number of nitro groups is 1. The Hall–Kier alpha value is -1.13. The number of nitrogens with two attached hydrogens (primary N) is 1. The van der Waals surface area contributed by atoms with Gasteiger partial charge in [0.25, 0.3) is 5.69 Å². The molecule has 0 aliphatic carbocycles. The maximum atomic E-state index is 10.7. The molecule has 0 aliphatic rings. The summed E-state index contributed by atoms with van der Waals surface area (Å²) in [5.41, 5.74) is 6.58. The molecule has 0 saturated carbocycles. The third-order valence-corrected chi connectivity index (χ3v) is 2.13. The third kappa shape index (κ3) is 3.49. The molecule has 0 aromatic heterocycles. The summed E-state index contributed by atoms with van der Waals surface area (Å²) in [7, 11) is 0. The highest BCUT2D eigenvalue weighted by molar-refractivity contribution is 5.85. The number of nitro benzene ring substituents is 1. The summed E-state index contributed by atoms with van der Waals surface area (Å²) in [6, 6.07) is 6.41. The summed E-state index contributed by atoms with van der Waals surface area (Å²) < 4.78 is 0. The fraction of sp³-hybridized carbons (Fsp3) is 0.400. The lowest BCUT2D eigenvalue weighted by Gasteiger charge is -2.10. The number of para-hydroxylation sites is 1. The van der Waals surface area contributed by atoms with Crippen LogP contribution in [0.1, 0.15) is 31.4 Å². The van der Waals surface area contributed by atoms with Crippen LogP contribution in [-0.4, -0.2) is 4.92 Å². The highest BCUT2D eigenvalue weighted by Gasteiger charge is 2.17. The van der Waals surface area contributed by atoms with E-state index in [1.54, 1.807) is 18.2 Å². The zero-order chi connectivity index (χ0) is 10.6. The van der Waals surface area contributed by atoms with Crippen molar-refractivity contribution < 1.29 is 4.92 Å². The molecule has 1 rings (SSSR count). The average Bonchev–Trinajstić information content (AvgIpc) is 2.18. The molecule has 5 heteroatoms. The van der Waals surface area contributed by atoms with Crippen molar-refractivity contribution in [3.8, 4) is 0 Å². The largest absolute Gasteiger partial charge is 0.324 e. The first-order valence-electron chi connectivity index (χ1n) is 4.65. The van der Waals surface area contributed by atoms with Crippen molar-refractivity contribution in [2.45, 2.75) is 25.8 Å². The number of rotatable bonds is 4. The molecule has 0 amide bonds. The van der Waals surface area contributed by atoms with Crippen molar-refractivity contribution >= 4 is 18.1 Å². The maximum Gasteiger partial charge on any atom is 0.274 e. The van der Waals surface area contributed by atoms with E-state index >= 15 is 0 Å². The van der Waals surface area contributed by atoms with Gasteiger partial charge in [-0.1, -0.05) is 31.5 Å². The van der Waals surface area contributed by atoms with E-state index in [1.807, 2.05) is 6.92 Å². The van der Waals surface area contributed by atoms with E-state index in [0.717, 1.165) is 12.8 Å². The van der Waals surface area contributed by atoms with Crippen LogP contribution in [0.5, 0.6) is 0 Å². The lowest BCUT2D eigenvalue weighted by atomic mass is 10.0. The van der Waals surface area contributed by atoms with Gasteiger partial charge in [0.2, 0.25) is 0 Å². The van der Waals surface area contributed by atoms with E-state index in [0.29, 0.717) is 5.56 Å². The van der Waals surface area contributed by atoms with Gasteiger partial charge in [0.1, 0.15) is 0 Å². The fourth-order valence-electron chi connectivity index (χ4n) is 1.43. The van der Waals surface area contributed by atoms with E-state index in [1.165, 1.54) is 6.07 Å². The summed E-state index contributed by atoms with van der Waals surface area (Å²) >= 11 is 0. The Morgan fingerprint density at radius 2 is 2.07 bits per heavy atom. The van der Waals surface area contributed by atoms with Crippen LogP contribution in [-0.2, 0) is 0 Å². The summed E-state index contributed by atoms with van der Waals surface area (Å²) in [6.07, 6.45) is 1.69. The molecule has 0 heterocycles. The van der Waals surface area contributed by atoms with Crippen LogP contribution in [0.15, 0.2) is 24.3 Å². The van der Waals surface area contributed by atoms with Crippen LogP contribution < -0.4 is 5.73 Å². The second-order valence-corrected chi connectivity index (χ2v) is 3.21. The number of benzene rings is 1.